The number of hydrogen-bond acceptors (Lipinski definition) is 3. The fraction of sp³-hybridized carbons (Fsp3) is 0.571. The Kier molecular flexibility index (Phi) is 6.20. The third-order valence-electron chi connectivity index (χ3n) is 5.54. The van der Waals surface area contributed by atoms with Crippen LogP contribution in [0.25, 0.3) is 10.9 Å². The summed E-state index contributed by atoms with van der Waals surface area (Å²) in [6.07, 6.45) is 7.19. The zero-order valence-corrected chi connectivity index (χ0v) is 15.8. The number of ether oxygens (including phenoxy) is 1. The van der Waals surface area contributed by atoms with Gasteiger partial charge in [-0.1, -0.05) is 19.9 Å². The van der Waals surface area contributed by atoms with E-state index >= 15 is 0 Å². The summed E-state index contributed by atoms with van der Waals surface area (Å²) >= 11 is 0. The second kappa shape index (κ2) is 8.58. The van der Waals surface area contributed by atoms with E-state index in [1.807, 2.05) is 18.2 Å². The van der Waals surface area contributed by atoms with Crippen molar-refractivity contribution in [1.82, 2.24) is 10.3 Å². The Bertz CT molecular complexity index is 728. The van der Waals surface area contributed by atoms with Crippen LogP contribution in [0.2, 0.25) is 0 Å². The van der Waals surface area contributed by atoms with Gasteiger partial charge >= 0.3 is 0 Å². The predicted octanol–water partition coefficient (Wildman–Crippen LogP) is 3.87. The molecular weight excluding hydrogens is 328 g/mol. The molecule has 1 amide bonds. The lowest BCUT2D eigenvalue weighted by Gasteiger charge is -2.26. The first-order valence-corrected chi connectivity index (χ1v) is 9.82. The number of aliphatic hydroxyl groups excluding tert-OH is 1. The normalized spacial score (nSPS) is 20.5. The van der Waals surface area contributed by atoms with Crippen molar-refractivity contribution in [3.8, 4) is 5.75 Å². The summed E-state index contributed by atoms with van der Waals surface area (Å²) in [5.41, 5.74) is 2.31. The summed E-state index contributed by atoms with van der Waals surface area (Å²) in [5.74, 6) is 1.15. The molecule has 1 aromatic heterocycles. The van der Waals surface area contributed by atoms with E-state index in [0.717, 1.165) is 55.2 Å². The maximum absolute atomic E-state index is 12.3. The number of aromatic amines is 1. The number of fused-ring (bicyclic) bond motifs is 1. The fourth-order valence-corrected chi connectivity index (χ4v) is 3.98. The van der Waals surface area contributed by atoms with Crippen LogP contribution >= 0.6 is 0 Å². The Hall–Kier alpha value is -2.01. The highest BCUT2D eigenvalue weighted by Crippen LogP contribution is 2.35. The highest BCUT2D eigenvalue weighted by molar-refractivity contribution is 5.90. The van der Waals surface area contributed by atoms with E-state index in [1.165, 1.54) is 5.56 Å². The Morgan fingerprint density at radius 1 is 1.27 bits per heavy atom. The molecule has 1 fully saturated rings. The Morgan fingerprint density at radius 2 is 2.00 bits per heavy atom. The molecule has 3 N–H and O–H groups in total. The minimum atomic E-state index is -0.214. The molecule has 3 rings (SSSR count). The first-order valence-electron chi connectivity index (χ1n) is 9.82. The standard InChI is InChI=1S/C21H30N2O3/c1-3-14(4-2)17-12-22-18-6-5-7-19(21(17)18)26-13-20(25)23-15-8-10-16(24)11-9-15/h5-7,12,14-16,22,24H,3-4,8-11,13H2,1-2H3,(H,23,25). The van der Waals surface area contributed by atoms with Crippen molar-refractivity contribution in [2.24, 2.45) is 0 Å². The van der Waals surface area contributed by atoms with Gasteiger partial charge in [0.05, 0.1) is 6.10 Å². The van der Waals surface area contributed by atoms with Gasteiger partial charge in [0, 0.05) is 23.1 Å². The highest BCUT2D eigenvalue weighted by Gasteiger charge is 2.21. The second-order valence-electron chi connectivity index (χ2n) is 7.30. The van der Waals surface area contributed by atoms with Gasteiger partial charge in [0.1, 0.15) is 5.75 Å². The molecule has 26 heavy (non-hydrogen) atoms. The molecule has 0 unspecified atom stereocenters. The number of aromatic nitrogens is 1. The lowest BCUT2D eigenvalue weighted by molar-refractivity contribution is -0.124. The predicted molar refractivity (Wildman–Crippen MR) is 104 cm³/mol. The summed E-state index contributed by atoms with van der Waals surface area (Å²) in [6.45, 7) is 4.42. The van der Waals surface area contributed by atoms with Gasteiger partial charge in [-0.15, -0.1) is 0 Å². The van der Waals surface area contributed by atoms with Crippen molar-refractivity contribution in [3.63, 3.8) is 0 Å². The molecule has 1 heterocycles. The zero-order chi connectivity index (χ0) is 18.5. The maximum Gasteiger partial charge on any atom is 0.258 e. The molecule has 1 aliphatic rings. The number of H-pyrrole nitrogens is 1. The number of rotatable bonds is 7. The number of nitrogens with one attached hydrogen (secondary N) is 2. The molecule has 5 heteroatoms. The summed E-state index contributed by atoms with van der Waals surface area (Å²) in [5, 5.41) is 13.7. The zero-order valence-electron chi connectivity index (χ0n) is 15.8. The van der Waals surface area contributed by atoms with E-state index in [4.69, 9.17) is 4.74 Å². The Balaban J connectivity index is 1.67. The number of carbonyl (C=O) groups excluding carboxylic acids is 1. The smallest absolute Gasteiger partial charge is 0.258 e. The number of benzene rings is 1. The Morgan fingerprint density at radius 3 is 2.69 bits per heavy atom. The van der Waals surface area contributed by atoms with Crippen molar-refractivity contribution in [2.45, 2.75) is 70.4 Å². The lowest BCUT2D eigenvalue weighted by atomic mass is 9.93. The maximum atomic E-state index is 12.3. The molecule has 0 saturated heterocycles. The summed E-state index contributed by atoms with van der Waals surface area (Å²) in [4.78, 5) is 15.6. The first kappa shape index (κ1) is 18.8. The lowest BCUT2D eigenvalue weighted by Crippen LogP contribution is -2.40. The van der Waals surface area contributed by atoms with E-state index in [9.17, 15) is 9.90 Å². The Labute approximate surface area is 155 Å². The molecule has 142 valence electrons. The average molecular weight is 358 g/mol. The van der Waals surface area contributed by atoms with Crippen LogP contribution in [-0.4, -0.2) is 34.8 Å². The van der Waals surface area contributed by atoms with Crippen LogP contribution in [0, 0.1) is 0 Å². The van der Waals surface area contributed by atoms with Crippen LogP contribution in [0.4, 0.5) is 0 Å². The van der Waals surface area contributed by atoms with Crippen molar-refractivity contribution in [1.29, 1.82) is 0 Å². The van der Waals surface area contributed by atoms with Gasteiger partial charge in [-0.3, -0.25) is 4.79 Å². The molecule has 0 radical (unpaired) electrons. The summed E-state index contributed by atoms with van der Waals surface area (Å²) in [7, 11) is 0. The fourth-order valence-electron chi connectivity index (χ4n) is 3.98. The monoisotopic (exact) mass is 358 g/mol. The third kappa shape index (κ3) is 4.21. The molecule has 1 saturated carbocycles. The van der Waals surface area contributed by atoms with Gasteiger partial charge in [-0.25, -0.2) is 0 Å². The molecular formula is C21H30N2O3. The van der Waals surface area contributed by atoms with E-state index in [2.05, 4.69) is 30.3 Å². The second-order valence-corrected chi connectivity index (χ2v) is 7.30. The molecule has 5 nitrogen and oxygen atoms in total. The van der Waals surface area contributed by atoms with Gasteiger partial charge in [0.25, 0.3) is 5.91 Å². The quantitative estimate of drug-likeness (QED) is 0.703. The number of hydrogen-bond donors (Lipinski definition) is 3. The average Bonchev–Trinajstić information content (AvgIpc) is 3.08. The molecule has 0 spiro atoms. The van der Waals surface area contributed by atoms with Gasteiger partial charge in [0.2, 0.25) is 0 Å². The number of amides is 1. The van der Waals surface area contributed by atoms with Crippen LogP contribution in [0.1, 0.15) is 63.9 Å². The summed E-state index contributed by atoms with van der Waals surface area (Å²) in [6, 6.07) is 6.08. The molecule has 0 atom stereocenters. The minimum Gasteiger partial charge on any atom is -0.483 e. The van der Waals surface area contributed by atoms with Gasteiger partial charge < -0.3 is 20.1 Å². The van der Waals surface area contributed by atoms with Crippen LogP contribution in [-0.2, 0) is 4.79 Å². The van der Waals surface area contributed by atoms with E-state index in [-0.39, 0.29) is 24.7 Å². The molecule has 1 aliphatic carbocycles. The van der Waals surface area contributed by atoms with Crippen LogP contribution in [0.3, 0.4) is 0 Å². The van der Waals surface area contributed by atoms with Gasteiger partial charge in [0.15, 0.2) is 6.61 Å². The van der Waals surface area contributed by atoms with Crippen LogP contribution < -0.4 is 10.1 Å². The van der Waals surface area contributed by atoms with Crippen molar-refractivity contribution >= 4 is 16.8 Å². The van der Waals surface area contributed by atoms with Crippen LogP contribution in [0.5, 0.6) is 5.75 Å². The van der Waals surface area contributed by atoms with Gasteiger partial charge in [-0.05, 0) is 62.1 Å². The highest BCUT2D eigenvalue weighted by atomic mass is 16.5. The minimum absolute atomic E-state index is 0.0195. The van der Waals surface area contributed by atoms with E-state index in [0.29, 0.717) is 5.92 Å². The topological polar surface area (TPSA) is 74.4 Å². The molecule has 0 bridgehead atoms. The summed E-state index contributed by atoms with van der Waals surface area (Å²) < 4.78 is 5.90. The van der Waals surface area contributed by atoms with Crippen molar-refractivity contribution in [2.75, 3.05) is 6.61 Å². The number of carbonyl (C=O) groups is 1. The van der Waals surface area contributed by atoms with Crippen molar-refractivity contribution in [3.05, 3.63) is 30.0 Å². The van der Waals surface area contributed by atoms with E-state index in [1.54, 1.807) is 0 Å². The first-order chi connectivity index (χ1) is 12.6. The molecule has 1 aromatic carbocycles. The van der Waals surface area contributed by atoms with Crippen molar-refractivity contribution < 1.29 is 14.6 Å². The number of aliphatic hydroxyl groups is 1. The SMILES string of the molecule is CCC(CC)c1c[nH]c2cccc(OCC(=O)NC3CCC(O)CC3)c12. The molecule has 0 aliphatic heterocycles. The van der Waals surface area contributed by atoms with Gasteiger partial charge in [-0.2, -0.15) is 0 Å². The third-order valence-corrected chi connectivity index (χ3v) is 5.54. The van der Waals surface area contributed by atoms with E-state index < -0.39 is 0 Å². The van der Waals surface area contributed by atoms with Crippen LogP contribution in [0.15, 0.2) is 24.4 Å². The molecule has 2 aromatic rings. The largest absolute Gasteiger partial charge is 0.483 e.